The predicted molar refractivity (Wildman–Crippen MR) is 88.5 cm³/mol. The van der Waals surface area contributed by atoms with Crippen LogP contribution in [0.2, 0.25) is 0 Å². The summed E-state index contributed by atoms with van der Waals surface area (Å²) < 4.78 is 0. The molecule has 114 valence electrons. The van der Waals surface area contributed by atoms with Gasteiger partial charge in [0, 0.05) is 36.8 Å². The van der Waals surface area contributed by atoms with Crippen molar-refractivity contribution in [1.82, 2.24) is 10.3 Å². The van der Waals surface area contributed by atoms with Gasteiger partial charge in [0.25, 0.3) is 0 Å². The summed E-state index contributed by atoms with van der Waals surface area (Å²) in [5, 5.41) is 4.92. The van der Waals surface area contributed by atoms with E-state index in [4.69, 9.17) is 0 Å². The quantitative estimate of drug-likeness (QED) is 0.862. The second-order valence-corrected chi connectivity index (χ2v) is 7.13. The highest BCUT2D eigenvalue weighted by atomic mass is 32.1. The number of anilines is 1. The van der Waals surface area contributed by atoms with E-state index in [1.54, 1.807) is 0 Å². The van der Waals surface area contributed by atoms with E-state index in [1.807, 2.05) is 17.5 Å². The van der Waals surface area contributed by atoms with E-state index < -0.39 is 0 Å². The van der Waals surface area contributed by atoms with Crippen molar-refractivity contribution in [3.05, 3.63) is 11.1 Å². The molecule has 0 aliphatic heterocycles. The van der Waals surface area contributed by atoms with Crippen molar-refractivity contribution in [1.29, 1.82) is 0 Å². The van der Waals surface area contributed by atoms with Crippen molar-refractivity contribution in [3.63, 3.8) is 0 Å². The summed E-state index contributed by atoms with van der Waals surface area (Å²) in [7, 11) is 0. The van der Waals surface area contributed by atoms with E-state index in [9.17, 15) is 0 Å². The van der Waals surface area contributed by atoms with Gasteiger partial charge in [0.15, 0.2) is 5.13 Å². The number of nitrogens with zero attached hydrogens (tertiary/aromatic N) is 2. The summed E-state index contributed by atoms with van der Waals surface area (Å²) in [6.07, 6.45) is 6.14. The van der Waals surface area contributed by atoms with Crippen LogP contribution in [-0.4, -0.2) is 24.1 Å². The Hall–Kier alpha value is -0.610. The number of nitrogens with one attached hydrogen (secondary N) is 1. The molecule has 3 unspecified atom stereocenters. The molecule has 3 atom stereocenters. The van der Waals surface area contributed by atoms with Gasteiger partial charge in [0.2, 0.25) is 0 Å². The zero-order chi connectivity index (χ0) is 14.5. The fourth-order valence-electron chi connectivity index (χ4n) is 3.12. The van der Waals surface area contributed by atoms with Gasteiger partial charge in [-0.05, 0) is 32.1 Å². The summed E-state index contributed by atoms with van der Waals surface area (Å²) in [4.78, 5) is 8.24. The van der Waals surface area contributed by atoms with Crippen molar-refractivity contribution in [3.8, 4) is 0 Å². The Morgan fingerprint density at radius 1 is 1.30 bits per heavy atom. The lowest BCUT2D eigenvalue weighted by Crippen LogP contribution is -2.40. The van der Waals surface area contributed by atoms with Gasteiger partial charge in [-0.2, -0.15) is 0 Å². The number of rotatable bonds is 6. The van der Waals surface area contributed by atoms with Gasteiger partial charge >= 0.3 is 0 Å². The van der Waals surface area contributed by atoms with Gasteiger partial charge < -0.3 is 10.2 Å². The van der Waals surface area contributed by atoms with Crippen LogP contribution in [-0.2, 0) is 6.54 Å². The molecule has 4 heteroatoms. The maximum absolute atomic E-state index is 4.56. The molecule has 1 aliphatic carbocycles. The van der Waals surface area contributed by atoms with Crippen LogP contribution in [0.3, 0.4) is 0 Å². The molecule has 2 rings (SSSR count). The second kappa shape index (κ2) is 7.41. The molecule has 1 saturated carbocycles. The first-order valence-corrected chi connectivity index (χ1v) is 8.90. The standard InChI is InChI=1S/C16H29N3S/c1-5-19(6-2)16-18-11-14(20-16)10-17-15-9-7-8-12(3)13(15)4/h11-13,15,17H,5-10H2,1-4H3. The van der Waals surface area contributed by atoms with Gasteiger partial charge in [-0.1, -0.05) is 26.7 Å². The van der Waals surface area contributed by atoms with Crippen molar-refractivity contribution >= 4 is 16.5 Å². The number of aromatic nitrogens is 1. The average Bonchev–Trinajstić information content (AvgIpc) is 2.91. The average molecular weight is 295 g/mol. The number of thiazole rings is 1. The van der Waals surface area contributed by atoms with Crippen LogP contribution in [0.4, 0.5) is 5.13 Å². The monoisotopic (exact) mass is 295 g/mol. The summed E-state index contributed by atoms with van der Waals surface area (Å²) in [6, 6.07) is 0.678. The molecule has 1 aromatic heterocycles. The van der Waals surface area contributed by atoms with Crippen molar-refractivity contribution in [2.45, 2.75) is 59.5 Å². The van der Waals surface area contributed by atoms with Crippen LogP contribution in [0.15, 0.2) is 6.20 Å². The fourth-order valence-corrected chi connectivity index (χ4v) is 4.11. The molecule has 0 saturated heterocycles. The third kappa shape index (κ3) is 3.73. The number of hydrogen-bond donors (Lipinski definition) is 1. The first kappa shape index (κ1) is 15.8. The Morgan fingerprint density at radius 2 is 2.05 bits per heavy atom. The molecule has 1 aliphatic rings. The van der Waals surface area contributed by atoms with Crippen LogP contribution in [0.25, 0.3) is 0 Å². The Morgan fingerprint density at radius 3 is 2.75 bits per heavy atom. The van der Waals surface area contributed by atoms with E-state index in [2.05, 4.69) is 42.9 Å². The molecule has 0 radical (unpaired) electrons. The maximum atomic E-state index is 4.56. The van der Waals surface area contributed by atoms with Gasteiger partial charge in [-0.3, -0.25) is 0 Å². The van der Waals surface area contributed by atoms with Gasteiger partial charge in [-0.15, -0.1) is 11.3 Å². The minimum absolute atomic E-state index is 0.678. The molecule has 0 amide bonds. The van der Waals surface area contributed by atoms with Crippen molar-refractivity contribution in [2.24, 2.45) is 11.8 Å². The van der Waals surface area contributed by atoms with E-state index in [0.717, 1.165) is 36.6 Å². The molecule has 0 bridgehead atoms. The lowest BCUT2D eigenvalue weighted by molar-refractivity contribution is 0.206. The highest BCUT2D eigenvalue weighted by Gasteiger charge is 2.26. The number of hydrogen-bond acceptors (Lipinski definition) is 4. The van der Waals surface area contributed by atoms with Crippen LogP contribution in [0, 0.1) is 11.8 Å². The summed E-state index contributed by atoms with van der Waals surface area (Å²) in [5.41, 5.74) is 0. The van der Waals surface area contributed by atoms with E-state index in [1.165, 1.54) is 24.1 Å². The van der Waals surface area contributed by atoms with E-state index in [0.29, 0.717) is 6.04 Å². The van der Waals surface area contributed by atoms with Crippen LogP contribution in [0.1, 0.15) is 51.8 Å². The topological polar surface area (TPSA) is 28.2 Å². The molecular weight excluding hydrogens is 266 g/mol. The van der Waals surface area contributed by atoms with Crippen molar-refractivity contribution < 1.29 is 0 Å². The molecule has 1 heterocycles. The SMILES string of the molecule is CCN(CC)c1ncc(CNC2CCCC(C)C2C)s1. The Labute approximate surface area is 127 Å². The molecule has 0 spiro atoms. The van der Waals surface area contributed by atoms with Crippen LogP contribution in [0.5, 0.6) is 0 Å². The third-order valence-electron chi connectivity index (χ3n) is 4.82. The van der Waals surface area contributed by atoms with E-state index in [-0.39, 0.29) is 0 Å². The molecular formula is C16H29N3S. The molecule has 0 aromatic carbocycles. The van der Waals surface area contributed by atoms with Gasteiger partial charge in [0.05, 0.1) is 0 Å². The Kier molecular flexibility index (Phi) is 5.85. The van der Waals surface area contributed by atoms with Gasteiger partial charge in [-0.25, -0.2) is 4.98 Å². The lowest BCUT2D eigenvalue weighted by atomic mass is 9.78. The highest BCUT2D eigenvalue weighted by molar-refractivity contribution is 7.15. The van der Waals surface area contributed by atoms with Crippen LogP contribution >= 0.6 is 11.3 Å². The largest absolute Gasteiger partial charge is 0.349 e. The van der Waals surface area contributed by atoms with Crippen molar-refractivity contribution in [2.75, 3.05) is 18.0 Å². The minimum atomic E-state index is 0.678. The summed E-state index contributed by atoms with van der Waals surface area (Å²) in [5.74, 6) is 1.65. The highest BCUT2D eigenvalue weighted by Crippen LogP contribution is 2.30. The minimum Gasteiger partial charge on any atom is -0.349 e. The maximum Gasteiger partial charge on any atom is 0.185 e. The normalized spacial score (nSPS) is 26.7. The third-order valence-corrected chi connectivity index (χ3v) is 5.88. The molecule has 1 aromatic rings. The fraction of sp³-hybridized carbons (Fsp3) is 0.812. The molecule has 3 nitrogen and oxygen atoms in total. The summed E-state index contributed by atoms with van der Waals surface area (Å²) >= 11 is 1.83. The zero-order valence-electron chi connectivity index (χ0n) is 13.4. The van der Waals surface area contributed by atoms with E-state index >= 15 is 0 Å². The second-order valence-electron chi connectivity index (χ2n) is 6.04. The zero-order valence-corrected chi connectivity index (χ0v) is 14.2. The first-order valence-electron chi connectivity index (χ1n) is 8.08. The smallest absolute Gasteiger partial charge is 0.185 e. The molecule has 1 fully saturated rings. The summed E-state index contributed by atoms with van der Waals surface area (Å²) in [6.45, 7) is 12.2. The lowest BCUT2D eigenvalue weighted by Gasteiger charge is -2.34. The Balaban J connectivity index is 1.88. The predicted octanol–water partition coefficient (Wildman–Crippen LogP) is 3.90. The van der Waals surface area contributed by atoms with Gasteiger partial charge in [0.1, 0.15) is 0 Å². The first-order chi connectivity index (χ1) is 9.65. The van der Waals surface area contributed by atoms with Crippen LogP contribution < -0.4 is 10.2 Å². The molecule has 1 N–H and O–H groups in total. The molecule has 20 heavy (non-hydrogen) atoms. The Bertz CT molecular complexity index is 400.